The predicted molar refractivity (Wildman–Crippen MR) is 343 cm³/mol. The number of aromatic nitrogens is 7. The van der Waals surface area contributed by atoms with Crippen molar-refractivity contribution in [3.05, 3.63) is 309 Å². The smallest absolute Gasteiger partial charge is 0.221 e. The minimum absolute atomic E-state index is 0.742. The van der Waals surface area contributed by atoms with Crippen LogP contribution in [0.15, 0.2) is 309 Å². The molecule has 0 fully saturated rings. The molecule has 11 aromatic carbocycles. The van der Waals surface area contributed by atoms with Crippen LogP contribution in [0.5, 0.6) is 0 Å². The minimum Gasteiger partial charge on any atom is -0.276 e. The van der Waals surface area contributed by atoms with Crippen LogP contribution < -0.4 is 41.5 Å². The maximum atomic E-state index is 5.81. The van der Waals surface area contributed by atoms with Gasteiger partial charge in [-0.05, 0) is 113 Å². The first-order valence-corrected chi connectivity index (χ1v) is 31.9. The van der Waals surface area contributed by atoms with E-state index in [1.165, 1.54) is 41.5 Å². The molecule has 5 heterocycles. The van der Waals surface area contributed by atoms with Crippen molar-refractivity contribution in [2.24, 2.45) is 0 Å². The molecule has 0 aliphatic heterocycles. The molecule has 0 spiro atoms. The van der Waals surface area contributed by atoms with Gasteiger partial charge in [0.2, 0.25) is 11.6 Å². The lowest BCUT2D eigenvalue weighted by Gasteiger charge is -2.34. The van der Waals surface area contributed by atoms with Crippen LogP contribution in [0.3, 0.4) is 0 Å². The van der Waals surface area contributed by atoms with Crippen molar-refractivity contribution in [2.45, 2.75) is 0 Å². The Morgan fingerprint density at radius 2 is 0.561 bits per heavy atom. The third-order valence-electron chi connectivity index (χ3n) is 16.9. The lowest BCUT2D eigenvalue weighted by Crippen LogP contribution is -2.74. The molecule has 0 aliphatic rings. The number of imidazole rings is 4. The zero-order chi connectivity index (χ0) is 54.2. The largest absolute Gasteiger partial charge is 0.276 e. The summed E-state index contributed by atoms with van der Waals surface area (Å²) in [5.41, 5.74) is 10.1. The van der Waals surface area contributed by atoms with Crippen molar-refractivity contribution in [1.82, 2.24) is 32.9 Å². The molecule has 0 aliphatic carbocycles. The number of nitrogens with zero attached hydrogens (tertiary/aromatic N) is 7. The van der Waals surface area contributed by atoms with E-state index in [4.69, 9.17) is 15.0 Å². The summed E-state index contributed by atoms with van der Waals surface area (Å²) >= 11 is 0. The van der Waals surface area contributed by atoms with Crippen LogP contribution in [0.25, 0.3) is 78.5 Å². The van der Waals surface area contributed by atoms with Gasteiger partial charge in [-0.15, -0.1) is 0 Å². The molecule has 0 saturated carbocycles. The van der Waals surface area contributed by atoms with E-state index in [9.17, 15) is 0 Å². The van der Waals surface area contributed by atoms with Gasteiger partial charge in [-0.3, -0.25) is 17.9 Å². The van der Waals surface area contributed by atoms with Gasteiger partial charge in [0.25, 0.3) is 0 Å². The van der Waals surface area contributed by atoms with E-state index in [1.54, 1.807) is 0 Å². The number of hydrogen-bond acceptors (Lipinski definition) is 3. The molecular weight excluding hydrogens is 1030 g/mol. The zero-order valence-corrected chi connectivity index (χ0v) is 46.6. The van der Waals surface area contributed by atoms with Crippen LogP contribution in [0, 0.1) is 0 Å². The normalized spacial score (nSPS) is 12.1. The molecule has 7 nitrogen and oxygen atoms in total. The van der Waals surface area contributed by atoms with E-state index in [1.807, 2.05) is 0 Å². The summed E-state index contributed by atoms with van der Waals surface area (Å²) in [7, 11) is -6.00. The maximum absolute atomic E-state index is 5.81. The fourth-order valence-electron chi connectivity index (χ4n) is 13.4. The topological polar surface area (TPSA) is 57.4 Å². The van der Waals surface area contributed by atoms with E-state index in [2.05, 4.69) is 327 Å². The van der Waals surface area contributed by atoms with Crippen molar-refractivity contribution < 1.29 is 0 Å². The average molecular weight is 1080 g/mol. The third kappa shape index (κ3) is 7.17. The van der Waals surface area contributed by atoms with Gasteiger partial charge in [-0.25, -0.2) is 15.0 Å². The van der Waals surface area contributed by atoms with E-state index in [-0.39, 0.29) is 0 Å². The molecule has 16 aromatic rings. The van der Waals surface area contributed by atoms with Gasteiger partial charge < -0.3 is 0 Å². The molecule has 0 bridgehead atoms. The molecule has 16 rings (SSSR count). The summed E-state index contributed by atoms with van der Waals surface area (Å²) in [4.78, 5) is 16.9. The SMILES string of the molecule is c1ccc(-c2cc(-n3c4ccccc4n4c5ccccc5nc34)nc(-n3c4ccc([Si](c5ccccc5)(c5ccccc5)c5ccccc5)cc4n4c5cc([Si](c6ccccc6)(c6ccccc6)c6ccccc6)ccc5nc34)c2)cc1. The van der Waals surface area contributed by atoms with Crippen molar-refractivity contribution >= 4 is 113 Å². The van der Waals surface area contributed by atoms with Gasteiger partial charge >= 0.3 is 0 Å². The first-order chi connectivity index (χ1) is 40.7. The van der Waals surface area contributed by atoms with E-state index >= 15 is 0 Å². The number of fused-ring (bicyclic) bond motifs is 10. The molecule has 0 radical (unpaired) electrons. The van der Waals surface area contributed by atoms with Gasteiger partial charge in [0, 0.05) is 0 Å². The molecule has 82 heavy (non-hydrogen) atoms. The highest BCUT2D eigenvalue weighted by Crippen LogP contribution is 2.35. The second-order valence-electron chi connectivity index (χ2n) is 21.2. The molecule has 0 atom stereocenters. The quantitative estimate of drug-likeness (QED) is 0.0958. The zero-order valence-electron chi connectivity index (χ0n) is 44.6. The summed E-state index contributed by atoms with van der Waals surface area (Å²) in [6.07, 6.45) is 0. The van der Waals surface area contributed by atoms with Gasteiger partial charge in [0.1, 0.15) is 11.6 Å². The van der Waals surface area contributed by atoms with Gasteiger partial charge in [0.05, 0.1) is 44.1 Å². The van der Waals surface area contributed by atoms with E-state index in [0.717, 1.165) is 78.5 Å². The summed E-state index contributed by atoms with van der Waals surface area (Å²) in [6, 6.07) is 113. The molecule has 0 N–H and O–H groups in total. The van der Waals surface area contributed by atoms with Crippen LogP contribution in [0.2, 0.25) is 0 Å². The van der Waals surface area contributed by atoms with Crippen molar-refractivity contribution in [3.8, 4) is 22.8 Å². The van der Waals surface area contributed by atoms with Gasteiger partial charge in [-0.1, -0.05) is 249 Å². The summed E-state index contributed by atoms with van der Waals surface area (Å²) < 4.78 is 9.21. The highest BCUT2D eigenvalue weighted by Gasteiger charge is 2.43. The average Bonchev–Trinajstić information content (AvgIpc) is 3.95. The number of benzene rings is 11. The second kappa shape index (κ2) is 19.1. The molecule has 0 unspecified atom stereocenters. The van der Waals surface area contributed by atoms with Crippen LogP contribution in [-0.2, 0) is 0 Å². The highest BCUT2D eigenvalue weighted by atomic mass is 28.3. The summed E-state index contributed by atoms with van der Waals surface area (Å²) in [5.74, 6) is 3.06. The second-order valence-corrected chi connectivity index (χ2v) is 28.8. The van der Waals surface area contributed by atoms with Gasteiger partial charge in [0.15, 0.2) is 16.1 Å². The Labute approximate surface area is 475 Å². The van der Waals surface area contributed by atoms with Crippen LogP contribution in [0.1, 0.15) is 0 Å². The first-order valence-electron chi connectivity index (χ1n) is 27.9. The Morgan fingerprint density at radius 1 is 0.220 bits per heavy atom. The summed E-state index contributed by atoms with van der Waals surface area (Å²) in [5, 5.41) is 10.4. The Hall–Kier alpha value is -10.5. The third-order valence-corrected chi connectivity index (χ3v) is 26.4. The standard InChI is InChI=1S/C73H51N7Si2/c1-8-26-52(27-9-1)53-48-70(79-66-43-25-24-42-65(66)77-64-41-23-22-40-62(64)74-72(77)79)76-71(49-53)80-67-47-45-61(82(57-34-16-5-17-35-57,58-36-18-6-19-37-58)59-38-20-7-21-39-59)51-69(67)78-68-50-60(44-46-63(68)75-73(78)80)81(54-28-10-2-11-29-54,55-30-12-3-13-31-55)56-32-14-4-15-33-56/h1-51H. The number of hydrogen-bond donors (Lipinski definition) is 0. The predicted octanol–water partition coefficient (Wildman–Crippen LogP) is 11.0. The Balaban J connectivity index is 1.05. The van der Waals surface area contributed by atoms with E-state index < -0.39 is 16.1 Å². The van der Waals surface area contributed by atoms with Crippen molar-refractivity contribution in [1.29, 1.82) is 0 Å². The lowest BCUT2D eigenvalue weighted by molar-refractivity contribution is 0.983. The van der Waals surface area contributed by atoms with Crippen molar-refractivity contribution in [3.63, 3.8) is 0 Å². The molecule has 386 valence electrons. The van der Waals surface area contributed by atoms with Crippen LogP contribution in [0.4, 0.5) is 0 Å². The molecule has 0 amide bonds. The Morgan fingerprint density at radius 3 is 1.02 bits per heavy atom. The molecular formula is C73H51N7Si2. The molecule has 0 saturated heterocycles. The van der Waals surface area contributed by atoms with Gasteiger partial charge in [-0.2, -0.15) is 0 Å². The summed E-state index contributed by atoms with van der Waals surface area (Å²) in [6.45, 7) is 0. The Kier molecular flexibility index (Phi) is 11.1. The number of para-hydroxylation sites is 4. The molecule has 5 aromatic heterocycles. The number of pyridine rings is 1. The monoisotopic (exact) mass is 1080 g/mol. The van der Waals surface area contributed by atoms with Crippen LogP contribution >= 0.6 is 0 Å². The van der Waals surface area contributed by atoms with E-state index in [0.29, 0.717) is 0 Å². The maximum Gasteiger partial charge on any atom is 0.221 e. The fourth-order valence-corrected chi connectivity index (χ4v) is 22.9. The lowest BCUT2D eigenvalue weighted by atomic mass is 10.1. The van der Waals surface area contributed by atoms with Crippen molar-refractivity contribution in [2.75, 3.05) is 0 Å². The fraction of sp³-hybridized carbons (Fsp3) is 0. The first kappa shape index (κ1) is 47.5. The van der Waals surface area contributed by atoms with Crippen LogP contribution in [-0.4, -0.2) is 49.0 Å². The number of rotatable bonds is 11. The Bertz CT molecular complexity index is 4830. The highest BCUT2D eigenvalue weighted by molar-refractivity contribution is 7.20. The molecule has 9 heteroatoms. The minimum atomic E-state index is -3.02.